The summed E-state index contributed by atoms with van der Waals surface area (Å²) in [5, 5.41) is 14.5. The lowest BCUT2D eigenvalue weighted by molar-refractivity contribution is 1.08. The number of hydrogen-bond acceptors (Lipinski definition) is 3. The summed E-state index contributed by atoms with van der Waals surface area (Å²) in [5.41, 5.74) is 4.85. The van der Waals surface area contributed by atoms with Crippen LogP contribution in [0.2, 0.25) is 10.0 Å². The van der Waals surface area contributed by atoms with E-state index in [1.54, 1.807) is 0 Å². The summed E-state index contributed by atoms with van der Waals surface area (Å²) in [6.45, 7) is 2.05. The van der Waals surface area contributed by atoms with E-state index in [4.69, 9.17) is 23.2 Å². The number of aromatic nitrogens is 2. The predicted molar refractivity (Wildman–Crippen MR) is 109 cm³/mol. The average Bonchev–Trinajstić information content (AvgIpc) is 2.63. The Morgan fingerprint density at radius 2 is 1.58 bits per heavy atom. The maximum Gasteiger partial charge on any atom is 0.161 e. The summed E-state index contributed by atoms with van der Waals surface area (Å²) in [6.07, 6.45) is 0. The molecule has 26 heavy (non-hydrogen) atoms. The van der Waals surface area contributed by atoms with E-state index in [-0.39, 0.29) is 0 Å². The van der Waals surface area contributed by atoms with E-state index in [0.717, 1.165) is 27.7 Å². The number of rotatable bonds is 3. The Bertz CT molecular complexity index is 1090. The van der Waals surface area contributed by atoms with Crippen molar-refractivity contribution in [2.75, 3.05) is 5.32 Å². The molecule has 1 aromatic heterocycles. The van der Waals surface area contributed by atoms with Crippen LogP contribution < -0.4 is 5.32 Å². The van der Waals surface area contributed by atoms with Crippen molar-refractivity contribution in [1.29, 1.82) is 0 Å². The van der Waals surface area contributed by atoms with E-state index in [0.29, 0.717) is 15.9 Å². The lowest BCUT2D eigenvalue weighted by Crippen LogP contribution is -2.00. The molecule has 0 saturated heterocycles. The summed E-state index contributed by atoms with van der Waals surface area (Å²) >= 11 is 12.2. The van der Waals surface area contributed by atoms with E-state index in [2.05, 4.69) is 34.6 Å². The van der Waals surface area contributed by atoms with Gasteiger partial charge in [0.15, 0.2) is 5.82 Å². The lowest BCUT2D eigenvalue weighted by atomic mass is 10.0. The molecule has 1 N–H and O–H groups in total. The van der Waals surface area contributed by atoms with Crippen LogP contribution in [0, 0.1) is 6.92 Å². The van der Waals surface area contributed by atoms with E-state index >= 15 is 0 Å². The van der Waals surface area contributed by atoms with Crippen LogP contribution in [0.3, 0.4) is 0 Å². The fourth-order valence-electron chi connectivity index (χ4n) is 2.94. The molecule has 4 aromatic rings. The maximum atomic E-state index is 6.12. The summed E-state index contributed by atoms with van der Waals surface area (Å²) in [4.78, 5) is 0. The van der Waals surface area contributed by atoms with E-state index in [1.165, 1.54) is 5.56 Å². The monoisotopic (exact) mass is 379 g/mol. The smallest absolute Gasteiger partial charge is 0.161 e. The normalized spacial score (nSPS) is 10.9. The molecule has 3 nitrogen and oxygen atoms in total. The van der Waals surface area contributed by atoms with Crippen LogP contribution in [0.5, 0.6) is 0 Å². The van der Waals surface area contributed by atoms with Crippen molar-refractivity contribution in [3.63, 3.8) is 0 Å². The Labute approximate surface area is 161 Å². The first-order valence-corrected chi connectivity index (χ1v) is 8.91. The predicted octanol–water partition coefficient (Wildman–Crippen LogP) is 6.66. The molecule has 0 unspecified atom stereocenters. The first kappa shape index (κ1) is 16.8. The summed E-state index contributed by atoms with van der Waals surface area (Å²) in [6, 6.07) is 21.5. The number of halogens is 2. The Morgan fingerprint density at radius 3 is 2.35 bits per heavy atom. The molecule has 0 aliphatic rings. The second-order valence-electron chi connectivity index (χ2n) is 6.09. The molecule has 0 aliphatic carbocycles. The average molecular weight is 380 g/mol. The Hall–Kier alpha value is -2.62. The molecule has 0 amide bonds. The van der Waals surface area contributed by atoms with Gasteiger partial charge in [0, 0.05) is 26.7 Å². The largest absolute Gasteiger partial charge is 0.338 e. The molecule has 0 bridgehead atoms. The van der Waals surface area contributed by atoms with Gasteiger partial charge in [0.05, 0.1) is 5.52 Å². The molecule has 0 fully saturated rings. The third kappa shape index (κ3) is 3.36. The molecule has 5 heteroatoms. The molecule has 128 valence electrons. The number of nitrogens with one attached hydrogen (secondary N) is 1. The number of aryl methyl sites for hydroxylation is 1. The van der Waals surface area contributed by atoms with Gasteiger partial charge in [-0.3, -0.25) is 0 Å². The van der Waals surface area contributed by atoms with Crippen LogP contribution in [-0.4, -0.2) is 10.2 Å². The highest BCUT2D eigenvalue weighted by Gasteiger charge is 2.14. The van der Waals surface area contributed by atoms with Crippen molar-refractivity contribution in [1.82, 2.24) is 10.2 Å². The van der Waals surface area contributed by atoms with Crippen molar-refractivity contribution in [3.05, 3.63) is 82.3 Å². The number of hydrogen-bond donors (Lipinski definition) is 1. The minimum absolute atomic E-state index is 0.633. The van der Waals surface area contributed by atoms with Crippen molar-refractivity contribution < 1.29 is 0 Å². The molecule has 0 aliphatic heterocycles. The second-order valence-corrected chi connectivity index (χ2v) is 6.96. The Kier molecular flexibility index (Phi) is 4.49. The lowest BCUT2D eigenvalue weighted by Gasteiger charge is -2.14. The molecule has 0 saturated carbocycles. The van der Waals surface area contributed by atoms with Gasteiger partial charge in [0.2, 0.25) is 0 Å². The number of fused-ring (bicyclic) bond motifs is 1. The van der Waals surface area contributed by atoms with Crippen molar-refractivity contribution in [2.24, 2.45) is 0 Å². The SMILES string of the molecule is Cc1cccc(Nc2nnc3cc(Cl)ccc3c2-c2ccc(Cl)cc2)c1. The van der Waals surface area contributed by atoms with E-state index in [1.807, 2.05) is 54.6 Å². The minimum atomic E-state index is 0.633. The van der Waals surface area contributed by atoms with Gasteiger partial charge in [-0.25, -0.2) is 0 Å². The Balaban J connectivity index is 1.92. The highest BCUT2D eigenvalue weighted by molar-refractivity contribution is 6.31. The summed E-state index contributed by atoms with van der Waals surface area (Å²) in [7, 11) is 0. The van der Waals surface area contributed by atoms with Gasteiger partial charge in [0.25, 0.3) is 0 Å². The van der Waals surface area contributed by atoms with Gasteiger partial charge in [-0.05, 0) is 54.4 Å². The van der Waals surface area contributed by atoms with Gasteiger partial charge in [-0.1, -0.05) is 53.5 Å². The third-order valence-corrected chi connectivity index (χ3v) is 4.62. The van der Waals surface area contributed by atoms with Crippen LogP contribution in [0.1, 0.15) is 5.56 Å². The van der Waals surface area contributed by atoms with Gasteiger partial charge in [0.1, 0.15) is 0 Å². The number of benzene rings is 3. The van der Waals surface area contributed by atoms with Gasteiger partial charge in [-0.2, -0.15) is 0 Å². The fraction of sp³-hybridized carbons (Fsp3) is 0.0476. The third-order valence-electron chi connectivity index (χ3n) is 4.14. The zero-order valence-corrected chi connectivity index (χ0v) is 15.5. The quantitative estimate of drug-likeness (QED) is 0.432. The van der Waals surface area contributed by atoms with Crippen LogP contribution >= 0.6 is 23.2 Å². The molecule has 3 aromatic carbocycles. The molecule has 0 spiro atoms. The van der Waals surface area contributed by atoms with E-state index in [9.17, 15) is 0 Å². The van der Waals surface area contributed by atoms with Crippen molar-refractivity contribution in [3.8, 4) is 11.1 Å². The van der Waals surface area contributed by atoms with Crippen LogP contribution in [0.4, 0.5) is 11.5 Å². The zero-order chi connectivity index (χ0) is 18.1. The summed E-state index contributed by atoms with van der Waals surface area (Å²) in [5.74, 6) is 0.688. The minimum Gasteiger partial charge on any atom is -0.338 e. The van der Waals surface area contributed by atoms with Gasteiger partial charge < -0.3 is 5.32 Å². The van der Waals surface area contributed by atoms with Crippen molar-refractivity contribution >= 4 is 45.6 Å². The Morgan fingerprint density at radius 1 is 0.808 bits per heavy atom. The molecule has 0 atom stereocenters. The highest BCUT2D eigenvalue weighted by Crippen LogP contribution is 2.35. The molecular formula is C21H15Cl2N3. The first-order valence-electron chi connectivity index (χ1n) is 8.16. The summed E-state index contributed by atoms with van der Waals surface area (Å²) < 4.78 is 0. The second kappa shape index (κ2) is 6.94. The molecule has 4 rings (SSSR count). The molecule has 1 heterocycles. The van der Waals surface area contributed by atoms with Crippen LogP contribution in [0.25, 0.3) is 22.0 Å². The number of anilines is 2. The van der Waals surface area contributed by atoms with Gasteiger partial charge in [-0.15, -0.1) is 10.2 Å². The van der Waals surface area contributed by atoms with Crippen molar-refractivity contribution in [2.45, 2.75) is 6.92 Å². The van der Waals surface area contributed by atoms with Crippen LogP contribution in [0.15, 0.2) is 66.7 Å². The van der Waals surface area contributed by atoms with Crippen LogP contribution in [-0.2, 0) is 0 Å². The maximum absolute atomic E-state index is 6.12. The molecular weight excluding hydrogens is 365 g/mol. The topological polar surface area (TPSA) is 37.8 Å². The standard InChI is InChI=1S/C21H15Cl2N3/c1-13-3-2-4-17(11-13)24-21-20(14-5-7-15(22)8-6-14)18-10-9-16(23)12-19(18)25-26-21/h2-12H,1H3,(H,24,26). The first-order chi connectivity index (χ1) is 12.6. The highest BCUT2D eigenvalue weighted by atomic mass is 35.5. The zero-order valence-electron chi connectivity index (χ0n) is 14.0. The van der Waals surface area contributed by atoms with Gasteiger partial charge >= 0.3 is 0 Å². The fourth-order valence-corrected chi connectivity index (χ4v) is 3.23. The number of nitrogens with zero attached hydrogens (tertiary/aromatic N) is 2. The molecule has 0 radical (unpaired) electrons. The van der Waals surface area contributed by atoms with E-state index < -0.39 is 0 Å².